The first-order valence-electron chi connectivity index (χ1n) is 6.14. The molecular formula is C14H21NO3S. The van der Waals surface area contributed by atoms with Crippen LogP contribution in [0.1, 0.15) is 38.3 Å². The molecule has 0 saturated heterocycles. The average molecular weight is 283 g/mol. The summed E-state index contributed by atoms with van der Waals surface area (Å²) in [4.78, 5) is 11.9. The summed E-state index contributed by atoms with van der Waals surface area (Å²) in [6.07, 6.45) is 0.164. The van der Waals surface area contributed by atoms with E-state index in [4.69, 9.17) is 0 Å². The minimum Gasteiger partial charge on any atom is -0.274 e. The first kappa shape index (κ1) is 15.7. The smallest absolute Gasteiger partial charge is 0.264 e. The van der Waals surface area contributed by atoms with Crippen LogP contribution in [0.2, 0.25) is 0 Å². The summed E-state index contributed by atoms with van der Waals surface area (Å²) >= 11 is 0. The highest BCUT2D eigenvalue weighted by atomic mass is 32.2. The van der Waals surface area contributed by atoms with Crippen molar-refractivity contribution in [1.82, 2.24) is 4.72 Å². The Balaban J connectivity index is 2.99. The molecule has 1 aromatic rings. The number of benzene rings is 1. The Morgan fingerprint density at radius 3 is 2.32 bits per heavy atom. The van der Waals surface area contributed by atoms with E-state index >= 15 is 0 Å². The van der Waals surface area contributed by atoms with Crippen LogP contribution in [-0.2, 0) is 14.8 Å². The van der Waals surface area contributed by atoms with E-state index in [0.717, 1.165) is 5.56 Å². The molecule has 0 radical (unpaired) electrons. The van der Waals surface area contributed by atoms with Gasteiger partial charge in [0.25, 0.3) is 10.0 Å². The fourth-order valence-electron chi connectivity index (χ4n) is 1.72. The van der Waals surface area contributed by atoms with E-state index in [-0.39, 0.29) is 16.7 Å². The van der Waals surface area contributed by atoms with Crippen molar-refractivity contribution < 1.29 is 13.2 Å². The SMILES string of the molecule is Cc1ccc(C)c(S(=O)(=O)NC(=O)CC(C)(C)C)c1. The Labute approximate surface area is 115 Å². The lowest BCUT2D eigenvalue weighted by Gasteiger charge is -2.17. The summed E-state index contributed by atoms with van der Waals surface area (Å²) in [6.45, 7) is 9.18. The van der Waals surface area contributed by atoms with E-state index in [1.807, 2.05) is 33.8 Å². The van der Waals surface area contributed by atoms with Crippen molar-refractivity contribution >= 4 is 15.9 Å². The molecule has 0 spiro atoms. The predicted molar refractivity (Wildman–Crippen MR) is 75.3 cm³/mol. The molecule has 0 aliphatic rings. The number of hydrogen-bond donors (Lipinski definition) is 1. The molecule has 1 amide bonds. The summed E-state index contributed by atoms with van der Waals surface area (Å²) in [6, 6.07) is 5.14. The molecule has 0 aromatic heterocycles. The topological polar surface area (TPSA) is 63.2 Å². The highest BCUT2D eigenvalue weighted by Gasteiger charge is 2.23. The second-order valence-electron chi connectivity index (χ2n) is 6.04. The van der Waals surface area contributed by atoms with Gasteiger partial charge in [0.2, 0.25) is 5.91 Å². The number of nitrogens with one attached hydrogen (secondary N) is 1. The molecule has 5 heteroatoms. The van der Waals surface area contributed by atoms with Gasteiger partial charge in [-0.15, -0.1) is 0 Å². The quantitative estimate of drug-likeness (QED) is 0.927. The van der Waals surface area contributed by atoms with Crippen molar-refractivity contribution in [2.75, 3.05) is 0 Å². The third-order valence-electron chi connectivity index (χ3n) is 2.57. The van der Waals surface area contributed by atoms with Gasteiger partial charge in [-0.25, -0.2) is 13.1 Å². The third kappa shape index (κ3) is 4.67. The number of amides is 1. The molecule has 0 aliphatic heterocycles. The summed E-state index contributed by atoms with van der Waals surface area (Å²) < 4.78 is 26.5. The van der Waals surface area contributed by atoms with Crippen LogP contribution in [0.3, 0.4) is 0 Å². The van der Waals surface area contributed by atoms with E-state index in [1.165, 1.54) is 0 Å². The molecule has 4 nitrogen and oxygen atoms in total. The minimum absolute atomic E-state index is 0.162. The molecule has 0 saturated carbocycles. The summed E-state index contributed by atoms with van der Waals surface area (Å²) in [7, 11) is -3.78. The highest BCUT2D eigenvalue weighted by molar-refractivity contribution is 7.90. The van der Waals surface area contributed by atoms with Crippen LogP contribution in [0, 0.1) is 19.3 Å². The summed E-state index contributed by atoms with van der Waals surface area (Å²) in [5, 5.41) is 0. The van der Waals surface area contributed by atoms with Crippen LogP contribution >= 0.6 is 0 Å². The van der Waals surface area contributed by atoms with Crippen LogP contribution in [0.5, 0.6) is 0 Å². The Morgan fingerprint density at radius 1 is 1.21 bits per heavy atom. The molecular weight excluding hydrogens is 262 g/mol. The Hall–Kier alpha value is -1.36. The summed E-state index contributed by atoms with van der Waals surface area (Å²) in [5.74, 6) is -0.478. The van der Waals surface area contributed by atoms with E-state index in [1.54, 1.807) is 19.1 Å². The maximum Gasteiger partial charge on any atom is 0.264 e. The monoisotopic (exact) mass is 283 g/mol. The number of sulfonamides is 1. The van der Waals surface area contributed by atoms with Gasteiger partial charge in [-0.2, -0.15) is 0 Å². The van der Waals surface area contributed by atoms with Gasteiger partial charge < -0.3 is 0 Å². The van der Waals surface area contributed by atoms with Gasteiger partial charge in [-0.3, -0.25) is 4.79 Å². The third-order valence-corrected chi connectivity index (χ3v) is 4.09. The summed E-state index contributed by atoms with van der Waals surface area (Å²) in [5.41, 5.74) is 1.22. The van der Waals surface area contributed by atoms with Crippen molar-refractivity contribution in [3.63, 3.8) is 0 Å². The van der Waals surface area contributed by atoms with Gasteiger partial charge >= 0.3 is 0 Å². The van der Waals surface area contributed by atoms with Crippen molar-refractivity contribution in [2.24, 2.45) is 5.41 Å². The zero-order valence-corrected chi connectivity index (χ0v) is 12.9. The Morgan fingerprint density at radius 2 is 1.79 bits per heavy atom. The molecule has 0 fully saturated rings. The number of carbonyl (C=O) groups excluding carboxylic acids is 1. The average Bonchev–Trinajstić information content (AvgIpc) is 2.17. The van der Waals surface area contributed by atoms with Crippen LogP contribution in [0.25, 0.3) is 0 Å². The van der Waals surface area contributed by atoms with Crippen molar-refractivity contribution in [1.29, 1.82) is 0 Å². The zero-order chi connectivity index (χ0) is 14.8. The predicted octanol–water partition coefficient (Wildman–Crippen LogP) is 2.54. The van der Waals surface area contributed by atoms with Gasteiger partial charge in [-0.1, -0.05) is 32.9 Å². The van der Waals surface area contributed by atoms with Gasteiger partial charge in [0, 0.05) is 6.42 Å². The first-order chi connectivity index (χ1) is 8.51. The van der Waals surface area contributed by atoms with E-state index in [2.05, 4.69) is 4.72 Å². The van der Waals surface area contributed by atoms with Gasteiger partial charge in [0.1, 0.15) is 0 Å². The van der Waals surface area contributed by atoms with Crippen molar-refractivity contribution in [3.8, 4) is 0 Å². The molecule has 1 aromatic carbocycles. The van der Waals surface area contributed by atoms with Crippen molar-refractivity contribution in [2.45, 2.75) is 45.9 Å². The zero-order valence-electron chi connectivity index (χ0n) is 12.1. The molecule has 0 bridgehead atoms. The second kappa shape index (κ2) is 5.33. The number of hydrogen-bond acceptors (Lipinski definition) is 3. The molecule has 0 unspecified atom stereocenters. The van der Waals surface area contributed by atoms with Crippen LogP contribution in [-0.4, -0.2) is 14.3 Å². The maximum atomic E-state index is 12.2. The number of carbonyl (C=O) groups is 1. The Kier molecular flexibility index (Phi) is 4.40. The van der Waals surface area contributed by atoms with Gasteiger partial charge in [0.05, 0.1) is 4.90 Å². The molecule has 0 atom stereocenters. The van der Waals surface area contributed by atoms with Crippen LogP contribution in [0.15, 0.2) is 23.1 Å². The molecule has 0 heterocycles. The largest absolute Gasteiger partial charge is 0.274 e. The van der Waals surface area contributed by atoms with Gasteiger partial charge in [-0.05, 0) is 36.5 Å². The van der Waals surface area contributed by atoms with Crippen molar-refractivity contribution in [3.05, 3.63) is 29.3 Å². The standard InChI is InChI=1S/C14H21NO3S/c1-10-6-7-11(2)12(8-10)19(17,18)15-13(16)9-14(3,4)5/h6-8H,9H2,1-5H3,(H,15,16). The fraction of sp³-hybridized carbons (Fsp3) is 0.500. The maximum absolute atomic E-state index is 12.2. The fourth-order valence-corrected chi connectivity index (χ4v) is 3.03. The molecule has 1 N–H and O–H groups in total. The molecule has 106 valence electrons. The molecule has 19 heavy (non-hydrogen) atoms. The van der Waals surface area contributed by atoms with Crippen LogP contribution < -0.4 is 4.72 Å². The molecule has 0 aliphatic carbocycles. The van der Waals surface area contributed by atoms with E-state index in [0.29, 0.717) is 5.56 Å². The Bertz CT molecular complexity index is 583. The van der Waals surface area contributed by atoms with E-state index < -0.39 is 15.9 Å². The lowest BCUT2D eigenvalue weighted by atomic mass is 9.92. The minimum atomic E-state index is -3.78. The lowest BCUT2D eigenvalue weighted by Crippen LogP contribution is -2.33. The number of rotatable bonds is 3. The second-order valence-corrected chi connectivity index (χ2v) is 7.69. The lowest BCUT2D eigenvalue weighted by molar-refractivity contribution is -0.121. The highest BCUT2D eigenvalue weighted by Crippen LogP contribution is 2.20. The first-order valence-corrected chi connectivity index (χ1v) is 7.62. The van der Waals surface area contributed by atoms with E-state index in [9.17, 15) is 13.2 Å². The number of aryl methyl sites for hydroxylation is 2. The molecule has 1 rings (SSSR count). The van der Waals surface area contributed by atoms with Crippen LogP contribution in [0.4, 0.5) is 0 Å². The van der Waals surface area contributed by atoms with Gasteiger partial charge in [0.15, 0.2) is 0 Å². The normalized spacial score (nSPS) is 12.3.